The Morgan fingerprint density at radius 2 is 1.76 bits per heavy atom. The number of hydrogen-bond donors (Lipinski definition) is 0. The van der Waals surface area contributed by atoms with Gasteiger partial charge in [0.25, 0.3) is 0 Å². The molecule has 0 N–H and O–H groups in total. The summed E-state index contributed by atoms with van der Waals surface area (Å²) in [5, 5.41) is 10.5. The predicted octanol–water partition coefficient (Wildman–Crippen LogP) is 6.03. The molecule has 1 unspecified atom stereocenters. The van der Waals surface area contributed by atoms with Gasteiger partial charge in [-0.25, -0.2) is 0 Å². The van der Waals surface area contributed by atoms with Gasteiger partial charge in [-0.2, -0.15) is 0 Å². The zero-order valence-corrected chi connectivity index (χ0v) is 18.7. The van der Waals surface area contributed by atoms with Crippen molar-refractivity contribution in [1.29, 1.82) is 0 Å². The van der Waals surface area contributed by atoms with Crippen molar-refractivity contribution < 1.29 is 9.47 Å². The van der Waals surface area contributed by atoms with Gasteiger partial charge in [0.15, 0.2) is 17.1 Å². The van der Waals surface area contributed by atoms with E-state index in [0.717, 1.165) is 39.8 Å². The summed E-state index contributed by atoms with van der Waals surface area (Å²) in [6.07, 6.45) is -0.238. The van der Waals surface area contributed by atoms with Crippen molar-refractivity contribution in [2.75, 3.05) is 7.11 Å². The first-order valence-corrected chi connectivity index (χ1v) is 10.9. The Morgan fingerprint density at radius 1 is 1.03 bits per heavy atom. The molecule has 2 aromatic carbocycles. The molecule has 0 saturated carbocycles. The summed E-state index contributed by atoms with van der Waals surface area (Å²) in [6.45, 7) is 7.20. The second kappa shape index (κ2) is 10.0. The normalized spacial score (nSPS) is 12.2. The molecule has 0 radical (unpaired) electrons. The summed E-state index contributed by atoms with van der Waals surface area (Å²) in [5.74, 6) is 3.59. The molecule has 29 heavy (non-hydrogen) atoms. The van der Waals surface area contributed by atoms with E-state index >= 15 is 0 Å². The highest BCUT2D eigenvalue weighted by molar-refractivity contribution is 7.98. The van der Waals surface area contributed by atoms with Crippen LogP contribution in [-0.4, -0.2) is 21.9 Å². The molecule has 3 rings (SSSR count). The van der Waals surface area contributed by atoms with E-state index in [9.17, 15) is 0 Å². The number of ether oxygens (including phenoxy) is 2. The highest BCUT2D eigenvalue weighted by Crippen LogP contribution is 2.29. The van der Waals surface area contributed by atoms with Crippen LogP contribution >= 0.6 is 23.4 Å². The average Bonchev–Trinajstić information content (AvgIpc) is 3.09. The molecular weight excluding hydrogens is 406 g/mol. The molecule has 1 atom stereocenters. The molecule has 0 aliphatic carbocycles. The van der Waals surface area contributed by atoms with Gasteiger partial charge in [0, 0.05) is 23.4 Å². The van der Waals surface area contributed by atoms with E-state index < -0.39 is 0 Å². The topological polar surface area (TPSA) is 49.2 Å². The maximum absolute atomic E-state index is 6.13. The van der Waals surface area contributed by atoms with Gasteiger partial charge in [0.05, 0.1) is 7.11 Å². The summed E-state index contributed by atoms with van der Waals surface area (Å²) < 4.78 is 13.6. The number of thioether (sulfide) groups is 1. The number of benzene rings is 2. The summed E-state index contributed by atoms with van der Waals surface area (Å²) in [4.78, 5) is 0. The molecule has 0 fully saturated rings. The number of rotatable bonds is 9. The lowest BCUT2D eigenvalue weighted by Crippen LogP contribution is -2.15. The zero-order valence-electron chi connectivity index (χ0n) is 17.1. The Morgan fingerprint density at radius 3 is 2.45 bits per heavy atom. The van der Waals surface area contributed by atoms with E-state index in [1.165, 1.54) is 5.56 Å². The van der Waals surface area contributed by atoms with Crippen LogP contribution in [0.25, 0.3) is 0 Å². The first-order chi connectivity index (χ1) is 14.0. The Bertz CT molecular complexity index is 928. The van der Waals surface area contributed by atoms with E-state index in [-0.39, 0.29) is 6.10 Å². The van der Waals surface area contributed by atoms with Crippen molar-refractivity contribution in [2.24, 2.45) is 5.92 Å². The van der Waals surface area contributed by atoms with Crippen LogP contribution in [0.5, 0.6) is 11.5 Å². The summed E-state index contributed by atoms with van der Waals surface area (Å²) in [6, 6.07) is 15.5. The number of nitrogens with zero attached hydrogens (tertiary/aromatic N) is 3. The fourth-order valence-corrected chi connectivity index (χ4v) is 3.94. The molecule has 1 aromatic heterocycles. The molecule has 0 aliphatic rings. The maximum Gasteiger partial charge on any atom is 0.191 e. The van der Waals surface area contributed by atoms with E-state index in [1.807, 2.05) is 55.5 Å². The molecule has 0 spiro atoms. The highest BCUT2D eigenvalue weighted by Gasteiger charge is 2.20. The third-order valence-electron chi connectivity index (χ3n) is 4.29. The molecule has 5 nitrogen and oxygen atoms in total. The monoisotopic (exact) mass is 431 g/mol. The van der Waals surface area contributed by atoms with Crippen molar-refractivity contribution in [3.63, 3.8) is 0 Å². The van der Waals surface area contributed by atoms with E-state index in [4.69, 9.17) is 21.1 Å². The second-order valence-corrected chi connectivity index (χ2v) is 8.58. The largest absolute Gasteiger partial charge is 0.497 e. The minimum absolute atomic E-state index is 0.238. The molecule has 0 bridgehead atoms. The third-order valence-corrected chi connectivity index (χ3v) is 5.58. The van der Waals surface area contributed by atoms with Gasteiger partial charge in [-0.15, -0.1) is 10.2 Å². The van der Waals surface area contributed by atoms with Crippen LogP contribution in [0.2, 0.25) is 5.02 Å². The first kappa shape index (κ1) is 21.5. The Balaban J connectivity index is 1.77. The van der Waals surface area contributed by atoms with Crippen LogP contribution in [0.15, 0.2) is 53.7 Å². The fraction of sp³-hybridized carbons (Fsp3) is 0.364. The van der Waals surface area contributed by atoms with Gasteiger partial charge in [-0.3, -0.25) is 0 Å². The van der Waals surface area contributed by atoms with Crippen LogP contribution in [0, 0.1) is 5.92 Å². The van der Waals surface area contributed by atoms with Gasteiger partial charge in [0.1, 0.15) is 11.5 Å². The van der Waals surface area contributed by atoms with Crippen molar-refractivity contribution in [3.05, 3.63) is 64.9 Å². The predicted molar refractivity (Wildman–Crippen MR) is 118 cm³/mol. The lowest BCUT2D eigenvalue weighted by atomic mass is 10.2. The van der Waals surface area contributed by atoms with Crippen LogP contribution in [0.1, 0.15) is 38.3 Å². The Kier molecular flexibility index (Phi) is 7.45. The molecule has 0 saturated heterocycles. The van der Waals surface area contributed by atoms with Gasteiger partial charge < -0.3 is 14.0 Å². The molecular formula is C22H26ClN3O2S. The van der Waals surface area contributed by atoms with Crippen molar-refractivity contribution in [1.82, 2.24) is 14.8 Å². The quantitative estimate of drug-likeness (QED) is 0.387. The highest BCUT2D eigenvalue weighted by atomic mass is 35.5. The number of halogens is 1. The number of aromatic nitrogens is 3. The number of hydrogen-bond acceptors (Lipinski definition) is 5. The number of methoxy groups -OCH3 is 1. The van der Waals surface area contributed by atoms with E-state index in [0.29, 0.717) is 5.92 Å². The molecule has 7 heteroatoms. The van der Waals surface area contributed by atoms with Gasteiger partial charge in [-0.05, 0) is 42.7 Å². The lowest BCUT2D eigenvalue weighted by Gasteiger charge is -2.18. The van der Waals surface area contributed by atoms with E-state index in [1.54, 1.807) is 18.9 Å². The standard InChI is InChI=1S/C22H26ClN3O2S/c1-15(2)13-26-21(16(3)28-20-7-5-6-19(12-20)27-4)24-25-22(26)29-14-17-8-10-18(23)11-9-17/h5-12,15-16H,13-14H2,1-4H3. The lowest BCUT2D eigenvalue weighted by molar-refractivity contribution is 0.207. The van der Waals surface area contributed by atoms with Gasteiger partial charge in [-0.1, -0.05) is 55.4 Å². The average molecular weight is 432 g/mol. The third kappa shape index (κ3) is 5.90. The molecule has 154 valence electrons. The van der Waals surface area contributed by atoms with Crippen molar-refractivity contribution in [2.45, 2.75) is 44.3 Å². The van der Waals surface area contributed by atoms with E-state index in [2.05, 4.69) is 28.6 Å². The van der Waals surface area contributed by atoms with Crippen LogP contribution in [0.3, 0.4) is 0 Å². The van der Waals surface area contributed by atoms with Crippen molar-refractivity contribution >= 4 is 23.4 Å². The maximum atomic E-state index is 6.13. The smallest absolute Gasteiger partial charge is 0.191 e. The molecule has 1 heterocycles. The van der Waals surface area contributed by atoms with Crippen molar-refractivity contribution in [3.8, 4) is 11.5 Å². The minimum Gasteiger partial charge on any atom is -0.497 e. The summed E-state index contributed by atoms with van der Waals surface area (Å²) in [5.41, 5.74) is 1.20. The molecule has 3 aromatic rings. The van der Waals surface area contributed by atoms with Crippen LogP contribution in [-0.2, 0) is 12.3 Å². The first-order valence-electron chi connectivity index (χ1n) is 9.57. The fourth-order valence-electron chi connectivity index (χ4n) is 2.90. The van der Waals surface area contributed by atoms with Crippen LogP contribution in [0.4, 0.5) is 0 Å². The SMILES string of the molecule is COc1cccc(OC(C)c2nnc(SCc3ccc(Cl)cc3)n2CC(C)C)c1. The summed E-state index contributed by atoms with van der Waals surface area (Å²) in [7, 11) is 1.64. The Labute approximate surface area is 181 Å². The van der Waals surface area contributed by atoms with Gasteiger partial charge in [0.2, 0.25) is 0 Å². The molecule has 0 aliphatic heterocycles. The van der Waals surface area contributed by atoms with Crippen LogP contribution < -0.4 is 9.47 Å². The minimum atomic E-state index is -0.238. The van der Waals surface area contributed by atoms with Gasteiger partial charge >= 0.3 is 0 Å². The second-order valence-electron chi connectivity index (χ2n) is 7.20. The summed E-state index contributed by atoms with van der Waals surface area (Å²) >= 11 is 7.65. The Hall–Kier alpha value is -2.18. The molecule has 0 amide bonds. The zero-order chi connectivity index (χ0) is 20.8.